The SMILES string of the molecule is COC(=O)c1ccc(-c2ccc(-c3ccc(C(F)(F)F)cc3)nn2)cc1. The number of aromatic nitrogens is 2. The normalized spacial score (nSPS) is 11.2. The van der Waals surface area contributed by atoms with Crippen LogP contribution in [0.1, 0.15) is 15.9 Å². The lowest BCUT2D eigenvalue weighted by atomic mass is 10.1. The molecule has 2 aromatic carbocycles. The molecule has 4 nitrogen and oxygen atoms in total. The minimum Gasteiger partial charge on any atom is -0.465 e. The highest BCUT2D eigenvalue weighted by Crippen LogP contribution is 2.30. The van der Waals surface area contributed by atoms with Crippen molar-refractivity contribution in [1.29, 1.82) is 0 Å². The Morgan fingerprint density at radius 3 is 1.65 bits per heavy atom. The van der Waals surface area contributed by atoms with Crippen molar-refractivity contribution in [1.82, 2.24) is 10.2 Å². The summed E-state index contributed by atoms with van der Waals surface area (Å²) in [5, 5.41) is 8.17. The maximum absolute atomic E-state index is 12.6. The number of carbonyl (C=O) groups is 1. The molecule has 0 unspecified atom stereocenters. The Kier molecular flexibility index (Phi) is 4.71. The van der Waals surface area contributed by atoms with Gasteiger partial charge in [-0.2, -0.15) is 13.2 Å². The summed E-state index contributed by atoms with van der Waals surface area (Å²) in [5.74, 6) is -0.430. The highest BCUT2D eigenvalue weighted by Gasteiger charge is 2.30. The zero-order chi connectivity index (χ0) is 18.7. The van der Waals surface area contributed by atoms with Gasteiger partial charge in [0.1, 0.15) is 0 Å². The van der Waals surface area contributed by atoms with Gasteiger partial charge in [-0.1, -0.05) is 24.3 Å². The number of alkyl halides is 3. The molecule has 0 aliphatic heterocycles. The molecule has 0 spiro atoms. The summed E-state index contributed by atoms with van der Waals surface area (Å²) >= 11 is 0. The number of benzene rings is 2. The van der Waals surface area contributed by atoms with Gasteiger partial charge in [0.05, 0.1) is 29.6 Å². The summed E-state index contributed by atoms with van der Waals surface area (Å²) in [6, 6.07) is 14.8. The first-order valence-corrected chi connectivity index (χ1v) is 7.58. The van der Waals surface area contributed by atoms with Gasteiger partial charge >= 0.3 is 12.1 Å². The molecular formula is C19H13F3N2O2. The molecule has 0 atom stereocenters. The predicted molar refractivity (Wildman–Crippen MR) is 89.2 cm³/mol. The molecule has 132 valence electrons. The lowest BCUT2D eigenvalue weighted by Crippen LogP contribution is -2.04. The minimum atomic E-state index is -4.37. The highest BCUT2D eigenvalue weighted by atomic mass is 19.4. The van der Waals surface area contributed by atoms with Crippen molar-refractivity contribution in [3.05, 3.63) is 71.8 Å². The zero-order valence-corrected chi connectivity index (χ0v) is 13.6. The third-order valence-electron chi connectivity index (χ3n) is 3.77. The number of carbonyl (C=O) groups excluding carboxylic acids is 1. The fourth-order valence-electron chi connectivity index (χ4n) is 2.37. The van der Waals surface area contributed by atoms with Crippen molar-refractivity contribution in [3.8, 4) is 22.5 Å². The van der Waals surface area contributed by atoms with Gasteiger partial charge in [-0.3, -0.25) is 0 Å². The molecule has 0 saturated heterocycles. The monoisotopic (exact) mass is 358 g/mol. The van der Waals surface area contributed by atoms with Gasteiger partial charge in [0.2, 0.25) is 0 Å². The second-order valence-electron chi connectivity index (χ2n) is 5.45. The summed E-state index contributed by atoms with van der Waals surface area (Å²) in [4.78, 5) is 11.4. The van der Waals surface area contributed by atoms with Gasteiger partial charge < -0.3 is 4.74 Å². The van der Waals surface area contributed by atoms with Crippen LogP contribution < -0.4 is 0 Å². The first-order valence-electron chi connectivity index (χ1n) is 7.58. The van der Waals surface area contributed by atoms with E-state index < -0.39 is 17.7 Å². The van der Waals surface area contributed by atoms with Crippen molar-refractivity contribution < 1.29 is 22.7 Å². The lowest BCUT2D eigenvalue weighted by Gasteiger charge is -2.07. The number of esters is 1. The first-order chi connectivity index (χ1) is 12.4. The van der Waals surface area contributed by atoms with Crippen LogP contribution in [0.15, 0.2) is 60.7 Å². The molecule has 0 bridgehead atoms. The molecule has 1 aromatic heterocycles. The van der Waals surface area contributed by atoms with Crippen LogP contribution >= 0.6 is 0 Å². The Balaban J connectivity index is 1.81. The van der Waals surface area contributed by atoms with Crippen LogP contribution in [0.2, 0.25) is 0 Å². The van der Waals surface area contributed by atoms with Crippen molar-refractivity contribution in [2.45, 2.75) is 6.18 Å². The molecule has 7 heteroatoms. The standard InChI is InChI=1S/C19H13F3N2O2/c1-26-18(25)14-4-2-12(3-5-14)16-10-11-17(24-23-16)13-6-8-15(9-7-13)19(20,21)22/h2-11H,1H3. The number of halogens is 3. The van der Waals surface area contributed by atoms with Crippen molar-refractivity contribution >= 4 is 5.97 Å². The molecule has 0 amide bonds. The maximum atomic E-state index is 12.6. The molecule has 0 saturated carbocycles. The maximum Gasteiger partial charge on any atom is 0.416 e. The van der Waals surface area contributed by atoms with E-state index in [1.54, 1.807) is 36.4 Å². The Hall–Kier alpha value is -3.22. The molecule has 0 aliphatic carbocycles. The van der Waals surface area contributed by atoms with Gasteiger partial charge in [0, 0.05) is 11.1 Å². The van der Waals surface area contributed by atoms with Gasteiger partial charge in [-0.15, -0.1) is 10.2 Å². The zero-order valence-electron chi connectivity index (χ0n) is 13.6. The summed E-state index contributed by atoms with van der Waals surface area (Å²) in [6.45, 7) is 0. The Labute approximate surface area is 147 Å². The van der Waals surface area contributed by atoms with Gasteiger partial charge in [-0.25, -0.2) is 4.79 Å². The minimum absolute atomic E-state index is 0.422. The largest absolute Gasteiger partial charge is 0.465 e. The highest BCUT2D eigenvalue weighted by molar-refractivity contribution is 5.89. The molecule has 3 aromatic rings. The van der Waals surface area contributed by atoms with E-state index in [1.807, 2.05) is 0 Å². The van der Waals surface area contributed by atoms with E-state index in [-0.39, 0.29) is 0 Å². The Bertz CT molecular complexity index is 904. The topological polar surface area (TPSA) is 52.1 Å². The second-order valence-corrected chi connectivity index (χ2v) is 5.45. The van der Waals surface area contributed by atoms with Crippen molar-refractivity contribution in [2.24, 2.45) is 0 Å². The molecule has 0 fully saturated rings. The Morgan fingerprint density at radius 1 is 0.808 bits per heavy atom. The average molecular weight is 358 g/mol. The van der Waals surface area contributed by atoms with Crippen LogP contribution in [0.5, 0.6) is 0 Å². The number of rotatable bonds is 3. The van der Waals surface area contributed by atoms with Crippen LogP contribution in [-0.2, 0) is 10.9 Å². The molecule has 26 heavy (non-hydrogen) atoms. The van der Waals surface area contributed by atoms with E-state index in [1.165, 1.54) is 19.2 Å². The van der Waals surface area contributed by atoms with Gasteiger partial charge in [-0.05, 0) is 36.4 Å². The summed E-state index contributed by atoms with van der Waals surface area (Å²) < 4.78 is 42.5. The van der Waals surface area contributed by atoms with Crippen LogP contribution in [0.3, 0.4) is 0 Å². The third-order valence-corrected chi connectivity index (χ3v) is 3.77. The first kappa shape index (κ1) is 17.6. The van der Waals surface area contributed by atoms with Crippen LogP contribution in [0, 0.1) is 0 Å². The molecule has 0 radical (unpaired) electrons. The number of ether oxygens (including phenoxy) is 1. The average Bonchev–Trinajstić information content (AvgIpc) is 2.67. The predicted octanol–water partition coefficient (Wildman–Crippen LogP) is 4.62. The molecule has 3 rings (SSSR count). The van der Waals surface area contributed by atoms with E-state index >= 15 is 0 Å². The van der Waals surface area contributed by atoms with Gasteiger partial charge in [0.15, 0.2) is 0 Å². The van der Waals surface area contributed by atoms with E-state index in [4.69, 9.17) is 0 Å². The Morgan fingerprint density at radius 2 is 1.27 bits per heavy atom. The van der Waals surface area contributed by atoms with Gasteiger partial charge in [0.25, 0.3) is 0 Å². The molecule has 1 heterocycles. The number of hydrogen-bond donors (Lipinski definition) is 0. The number of methoxy groups -OCH3 is 1. The summed E-state index contributed by atoms with van der Waals surface area (Å²) in [6.07, 6.45) is -4.37. The lowest BCUT2D eigenvalue weighted by molar-refractivity contribution is -0.137. The molecular weight excluding hydrogens is 345 g/mol. The quantitative estimate of drug-likeness (QED) is 0.641. The van der Waals surface area contributed by atoms with E-state index in [9.17, 15) is 18.0 Å². The van der Waals surface area contributed by atoms with E-state index in [2.05, 4.69) is 14.9 Å². The van der Waals surface area contributed by atoms with Crippen LogP contribution in [0.4, 0.5) is 13.2 Å². The fraction of sp³-hybridized carbons (Fsp3) is 0.105. The summed E-state index contributed by atoms with van der Waals surface area (Å²) in [5.41, 5.74) is 2.05. The van der Waals surface area contributed by atoms with Crippen LogP contribution in [0.25, 0.3) is 22.5 Å². The fourth-order valence-corrected chi connectivity index (χ4v) is 2.37. The third kappa shape index (κ3) is 3.72. The molecule has 0 aliphatic rings. The number of nitrogens with zero attached hydrogens (tertiary/aromatic N) is 2. The van der Waals surface area contributed by atoms with Crippen LogP contribution in [-0.4, -0.2) is 23.3 Å². The summed E-state index contributed by atoms with van der Waals surface area (Å²) in [7, 11) is 1.31. The smallest absolute Gasteiger partial charge is 0.416 e. The van der Waals surface area contributed by atoms with E-state index in [0.717, 1.165) is 17.7 Å². The van der Waals surface area contributed by atoms with Crippen molar-refractivity contribution in [2.75, 3.05) is 7.11 Å². The number of hydrogen-bond acceptors (Lipinski definition) is 4. The second kappa shape index (κ2) is 6.95. The van der Waals surface area contributed by atoms with E-state index in [0.29, 0.717) is 22.5 Å². The van der Waals surface area contributed by atoms with Crippen molar-refractivity contribution in [3.63, 3.8) is 0 Å². The molecule has 0 N–H and O–H groups in total.